The van der Waals surface area contributed by atoms with Crippen LogP contribution in [0.1, 0.15) is 13.8 Å². The molecule has 1 aliphatic rings. The maximum atomic E-state index is 11.9. The molecule has 0 saturated carbocycles. The summed E-state index contributed by atoms with van der Waals surface area (Å²) in [4.78, 5) is 28.9. The van der Waals surface area contributed by atoms with Crippen molar-refractivity contribution in [2.45, 2.75) is 13.8 Å². The molecule has 1 aromatic rings. The Hall–Kier alpha value is -1.30. The summed E-state index contributed by atoms with van der Waals surface area (Å²) in [6.07, 6.45) is 0. The molecule has 1 aliphatic heterocycles. The minimum Gasteiger partial charge on any atom is -0.306 e. The van der Waals surface area contributed by atoms with Gasteiger partial charge in [-0.1, -0.05) is 23.2 Å². The second kappa shape index (κ2) is 5.00. The predicted molar refractivity (Wildman–Crippen MR) is 72.1 cm³/mol. The van der Waals surface area contributed by atoms with E-state index in [1.165, 1.54) is 6.07 Å². The Balaban J connectivity index is 2.10. The van der Waals surface area contributed by atoms with Gasteiger partial charge in [0, 0.05) is 5.69 Å². The molecule has 1 N–H and O–H groups in total. The number of nitrogens with one attached hydrogen (secondary N) is 1. The molecule has 19 heavy (non-hydrogen) atoms. The van der Waals surface area contributed by atoms with E-state index >= 15 is 0 Å². The van der Waals surface area contributed by atoms with E-state index in [4.69, 9.17) is 28.0 Å². The van der Waals surface area contributed by atoms with E-state index in [0.717, 1.165) is 5.06 Å². The maximum Gasteiger partial charge on any atom is 0.353 e. The second-order valence-electron chi connectivity index (χ2n) is 4.82. The van der Waals surface area contributed by atoms with E-state index in [-0.39, 0.29) is 12.5 Å². The first-order chi connectivity index (χ1) is 8.81. The molecule has 5 nitrogen and oxygen atoms in total. The van der Waals surface area contributed by atoms with Gasteiger partial charge in [0.2, 0.25) is 0 Å². The number of carbonyl (C=O) groups excluding carboxylic acids is 2. The fourth-order valence-corrected chi connectivity index (χ4v) is 1.82. The van der Waals surface area contributed by atoms with Gasteiger partial charge in [0.15, 0.2) is 0 Å². The first kappa shape index (κ1) is 14.1. The number of hydroxylamine groups is 2. The van der Waals surface area contributed by atoms with Crippen LogP contribution in [0.5, 0.6) is 0 Å². The Labute approximate surface area is 120 Å². The van der Waals surface area contributed by atoms with Crippen molar-refractivity contribution in [3.8, 4) is 0 Å². The highest BCUT2D eigenvalue weighted by atomic mass is 35.5. The first-order valence-corrected chi connectivity index (χ1v) is 6.30. The minimum absolute atomic E-state index is 0.167. The lowest BCUT2D eigenvalue weighted by Crippen LogP contribution is -2.38. The molecule has 1 aromatic carbocycles. The topological polar surface area (TPSA) is 58.6 Å². The van der Waals surface area contributed by atoms with Crippen LogP contribution in [0.2, 0.25) is 10.0 Å². The average Bonchev–Trinajstić information content (AvgIpc) is 2.59. The van der Waals surface area contributed by atoms with Crippen LogP contribution >= 0.6 is 23.2 Å². The molecular weight excluding hydrogens is 291 g/mol. The lowest BCUT2D eigenvalue weighted by Gasteiger charge is -2.15. The van der Waals surface area contributed by atoms with Gasteiger partial charge in [0.05, 0.1) is 22.1 Å². The van der Waals surface area contributed by atoms with Crippen molar-refractivity contribution in [1.29, 1.82) is 0 Å². The molecule has 0 aliphatic carbocycles. The molecule has 0 aromatic heterocycles. The Morgan fingerprint density at radius 1 is 1.37 bits per heavy atom. The van der Waals surface area contributed by atoms with Crippen molar-refractivity contribution >= 4 is 40.8 Å². The minimum atomic E-state index is -0.699. The molecule has 3 amide bonds. The fourth-order valence-electron chi connectivity index (χ4n) is 1.52. The summed E-state index contributed by atoms with van der Waals surface area (Å²) in [6, 6.07) is 3.97. The monoisotopic (exact) mass is 302 g/mol. The molecule has 0 radical (unpaired) electrons. The van der Waals surface area contributed by atoms with Crippen LogP contribution in [-0.4, -0.2) is 23.6 Å². The van der Waals surface area contributed by atoms with Gasteiger partial charge in [0.1, 0.15) is 0 Å². The predicted octanol–water partition coefficient (Wildman–Crippen LogP) is 3.33. The van der Waals surface area contributed by atoms with Gasteiger partial charge >= 0.3 is 6.03 Å². The number of hydrogen-bond donors (Lipinski definition) is 1. The molecule has 0 spiro atoms. The highest BCUT2D eigenvalue weighted by molar-refractivity contribution is 6.42. The Morgan fingerprint density at radius 2 is 2.05 bits per heavy atom. The van der Waals surface area contributed by atoms with E-state index in [2.05, 4.69) is 5.32 Å². The van der Waals surface area contributed by atoms with Crippen LogP contribution in [0.15, 0.2) is 18.2 Å². The number of rotatable bonds is 1. The van der Waals surface area contributed by atoms with Crippen LogP contribution in [0, 0.1) is 5.41 Å². The molecule has 0 bridgehead atoms. The van der Waals surface area contributed by atoms with Crippen molar-refractivity contribution in [2.24, 2.45) is 5.41 Å². The molecule has 102 valence electrons. The van der Waals surface area contributed by atoms with E-state index in [1.54, 1.807) is 26.0 Å². The Morgan fingerprint density at radius 3 is 2.58 bits per heavy atom. The summed E-state index contributed by atoms with van der Waals surface area (Å²) >= 11 is 11.6. The second-order valence-corrected chi connectivity index (χ2v) is 5.63. The molecule has 0 atom stereocenters. The number of carbonyl (C=O) groups is 2. The van der Waals surface area contributed by atoms with Gasteiger partial charge < -0.3 is 5.32 Å². The zero-order chi connectivity index (χ0) is 14.2. The fraction of sp³-hybridized carbons (Fsp3) is 0.333. The summed E-state index contributed by atoms with van der Waals surface area (Å²) in [6.45, 7) is 3.59. The van der Waals surface area contributed by atoms with Crippen LogP contribution < -0.4 is 5.32 Å². The number of urea groups is 1. The normalized spacial score (nSPS) is 17.7. The maximum absolute atomic E-state index is 11.9. The van der Waals surface area contributed by atoms with E-state index in [9.17, 15) is 9.59 Å². The summed E-state index contributed by atoms with van der Waals surface area (Å²) < 4.78 is 0. The number of nitrogens with zero attached hydrogens (tertiary/aromatic N) is 1. The average molecular weight is 303 g/mol. The van der Waals surface area contributed by atoms with E-state index in [0.29, 0.717) is 15.7 Å². The van der Waals surface area contributed by atoms with Gasteiger partial charge in [-0.3, -0.25) is 9.63 Å². The van der Waals surface area contributed by atoms with E-state index < -0.39 is 11.4 Å². The largest absolute Gasteiger partial charge is 0.353 e. The van der Waals surface area contributed by atoms with Crippen LogP contribution in [-0.2, 0) is 9.63 Å². The van der Waals surface area contributed by atoms with Gasteiger partial charge in [-0.15, -0.1) is 5.06 Å². The summed E-state index contributed by atoms with van der Waals surface area (Å²) in [7, 11) is 0. The summed E-state index contributed by atoms with van der Waals surface area (Å²) in [5.41, 5.74) is -0.268. The van der Waals surface area contributed by atoms with E-state index in [1.807, 2.05) is 0 Å². The Kier molecular flexibility index (Phi) is 3.71. The van der Waals surface area contributed by atoms with Gasteiger partial charge in [-0.05, 0) is 32.0 Å². The molecule has 7 heteroatoms. The van der Waals surface area contributed by atoms with Crippen molar-refractivity contribution in [3.63, 3.8) is 0 Å². The smallest absolute Gasteiger partial charge is 0.306 e. The van der Waals surface area contributed by atoms with Gasteiger partial charge in [-0.2, -0.15) is 0 Å². The van der Waals surface area contributed by atoms with Gasteiger partial charge in [0.25, 0.3) is 5.91 Å². The molecule has 1 fully saturated rings. The van der Waals surface area contributed by atoms with Crippen molar-refractivity contribution in [2.75, 3.05) is 11.9 Å². The lowest BCUT2D eigenvalue weighted by molar-refractivity contribution is -0.148. The van der Waals surface area contributed by atoms with Crippen molar-refractivity contribution < 1.29 is 14.4 Å². The number of anilines is 1. The molecular formula is C12H12Cl2N2O3. The molecule has 1 saturated heterocycles. The van der Waals surface area contributed by atoms with Crippen molar-refractivity contribution in [3.05, 3.63) is 28.2 Å². The third-order valence-corrected chi connectivity index (χ3v) is 3.41. The third kappa shape index (κ3) is 2.83. The first-order valence-electron chi connectivity index (χ1n) is 5.55. The van der Waals surface area contributed by atoms with Gasteiger partial charge in [-0.25, -0.2) is 4.79 Å². The van der Waals surface area contributed by atoms with Crippen molar-refractivity contribution in [1.82, 2.24) is 5.06 Å². The Bertz CT molecular complexity index is 546. The number of imide groups is 1. The number of amides is 3. The molecule has 2 rings (SSSR count). The lowest BCUT2D eigenvalue weighted by atomic mass is 9.95. The number of benzene rings is 1. The highest BCUT2D eigenvalue weighted by Crippen LogP contribution is 2.28. The quantitative estimate of drug-likeness (QED) is 0.865. The zero-order valence-electron chi connectivity index (χ0n) is 10.4. The molecule has 0 unspecified atom stereocenters. The third-order valence-electron chi connectivity index (χ3n) is 2.67. The highest BCUT2D eigenvalue weighted by Gasteiger charge is 2.43. The summed E-state index contributed by atoms with van der Waals surface area (Å²) in [5.74, 6) is -0.384. The molecule has 1 heterocycles. The summed E-state index contributed by atoms with van der Waals surface area (Å²) in [5, 5.41) is 3.94. The number of hydrogen-bond acceptors (Lipinski definition) is 3. The van der Waals surface area contributed by atoms with Crippen LogP contribution in [0.25, 0.3) is 0 Å². The zero-order valence-corrected chi connectivity index (χ0v) is 11.9. The number of halogens is 2. The SMILES string of the molecule is CC1(C)CON(C(=O)Nc2ccc(Cl)c(Cl)c2)C1=O. The van der Waals surface area contributed by atoms with Crippen LogP contribution in [0.4, 0.5) is 10.5 Å². The van der Waals surface area contributed by atoms with Crippen LogP contribution in [0.3, 0.4) is 0 Å². The standard InChI is InChI=1S/C12H12Cl2N2O3/c1-12(2)6-19-16(10(12)17)11(18)15-7-3-4-8(13)9(14)5-7/h3-5H,6H2,1-2H3,(H,15,18).